The van der Waals surface area contributed by atoms with E-state index in [9.17, 15) is 19.7 Å². The van der Waals surface area contributed by atoms with Crippen LogP contribution in [0.1, 0.15) is 33.1 Å². The lowest BCUT2D eigenvalue weighted by Gasteiger charge is -2.31. The van der Waals surface area contributed by atoms with E-state index in [-0.39, 0.29) is 29.3 Å². The fraction of sp³-hybridized carbons (Fsp3) is 0.130. The molecular formula is C23H18BrN3O4. The number of nitro benzene ring substituents is 1. The minimum absolute atomic E-state index is 0.135. The van der Waals surface area contributed by atoms with Crippen molar-refractivity contribution in [3.8, 4) is 0 Å². The third-order valence-electron chi connectivity index (χ3n) is 5.32. The fourth-order valence-corrected chi connectivity index (χ4v) is 4.25. The summed E-state index contributed by atoms with van der Waals surface area (Å²) in [5.41, 5.74) is 2.53. The fourth-order valence-electron chi connectivity index (χ4n) is 3.87. The number of fused-ring (bicyclic) bond motifs is 1. The first-order chi connectivity index (χ1) is 14.9. The third-order valence-corrected chi connectivity index (χ3v) is 5.81. The first-order valence-electron chi connectivity index (χ1n) is 9.56. The van der Waals surface area contributed by atoms with Gasteiger partial charge >= 0.3 is 0 Å². The second kappa shape index (κ2) is 8.31. The molecule has 7 nitrogen and oxygen atoms in total. The van der Waals surface area contributed by atoms with Gasteiger partial charge in [0.2, 0.25) is 5.91 Å². The van der Waals surface area contributed by atoms with E-state index < -0.39 is 16.9 Å². The van der Waals surface area contributed by atoms with Crippen LogP contribution in [0.3, 0.4) is 0 Å². The van der Waals surface area contributed by atoms with Gasteiger partial charge in [-0.2, -0.15) is 0 Å². The van der Waals surface area contributed by atoms with Crippen LogP contribution in [0, 0.1) is 17.0 Å². The Morgan fingerprint density at radius 3 is 2.58 bits per heavy atom. The minimum Gasteiger partial charge on any atom is -0.324 e. The summed E-state index contributed by atoms with van der Waals surface area (Å²) < 4.78 is 0.808. The van der Waals surface area contributed by atoms with Crippen LogP contribution in [0.5, 0.6) is 0 Å². The summed E-state index contributed by atoms with van der Waals surface area (Å²) in [6.45, 7) is 1.36. The van der Waals surface area contributed by atoms with E-state index >= 15 is 0 Å². The van der Waals surface area contributed by atoms with Gasteiger partial charge < -0.3 is 10.2 Å². The van der Waals surface area contributed by atoms with Crippen molar-refractivity contribution < 1.29 is 14.5 Å². The molecule has 0 saturated heterocycles. The summed E-state index contributed by atoms with van der Waals surface area (Å²) >= 11 is 3.48. The van der Waals surface area contributed by atoms with Gasteiger partial charge in [0.15, 0.2) is 0 Å². The van der Waals surface area contributed by atoms with E-state index in [1.54, 1.807) is 19.1 Å². The van der Waals surface area contributed by atoms with Crippen molar-refractivity contribution in [3.05, 3.63) is 104 Å². The van der Waals surface area contributed by atoms with Gasteiger partial charge in [0.1, 0.15) is 6.54 Å². The summed E-state index contributed by atoms with van der Waals surface area (Å²) in [6, 6.07) is 18.7. The quantitative estimate of drug-likeness (QED) is 0.429. The maximum Gasteiger partial charge on any atom is 0.273 e. The van der Waals surface area contributed by atoms with Crippen LogP contribution < -0.4 is 5.32 Å². The lowest BCUT2D eigenvalue weighted by atomic mass is 9.94. The second-order valence-corrected chi connectivity index (χ2v) is 8.15. The second-order valence-electron chi connectivity index (χ2n) is 7.23. The van der Waals surface area contributed by atoms with Crippen LogP contribution in [-0.4, -0.2) is 28.2 Å². The molecule has 1 N–H and O–H groups in total. The van der Waals surface area contributed by atoms with Gasteiger partial charge in [-0.3, -0.25) is 19.7 Å². The Balaban J connectivity index is 1.91. The summed E-state index contributed by atoms with van der Waals surface area (Å²) in [5.74, 6) is -0.781. The van der Waals surface area contributed by atoms with Crippen molar-refractivity contribution in [1.82, 2.24) is 4.90 Å². The largest absolute Gasteiger partial charge is 0.324 e. The SMILES string of the molecule is Cc1c(C(=O)N2CC(=O)Nc3ccc(Br)cc3[C@H]2c2ccccc2)cccc1[N+](=O)[O-]. The van der Waals surface area contributed by atoms with Crippen LogP contribution in [-0.2, 0) is 4.79 Å². The number of nitrogens with zero attached hydrogens (tertiary/aromatic N) is 2. The first kappa shape index (κ1) is 20.7. The molecule has 31 heavy (non-hydrogen) atoms. The van der Waals surface area contributed by atoms with Gasteiger partial charge in [-0.15, -0.1) is 0 Å². The number of halogens is 1. The van der Waals surface area contributed by atoms with E-state index in [0.29, 0.717) is 5.69 Å². The highest BCUT2D eigenvalue weighted by Gasteiger charge is 2.35. The van der Waals surface area contributed by atoms with Gasteiger partial charge in [0, 0.05) is 32.9 Å². The molecule has 8 heteroatoms. The number of nitro groups is 1. The molecule has 0 saturated carbocycles. The number of nitrogens with one attached hydrogen (secondary N) is 1. The van der Waals surface area contributed by atoms with Crippen molar-refractivity contribution in [2.24, 2.45) is 0 Å². The first-order valence-corrected chi connectivity index (χ1v) is 10.4. The predicted octanol–water partition coefficient (Wildman–Crippen LogP) is 4.85. The van der Waals surface area contributed by atoms with Crippen molar-refractivity contribution in [1.29, 1.82) is 0 Å². The smallest absolute Gasteiger partial charge is 0.273 e. The minimum atomic E-state index is -0.557. The summed E-state index contributed by atoms with van der Waals surface area (Å²) in [7, 11) is 0. The number of amides is 2. The van der Waals surface area contributed by atoms with Crippen molar-refractivity contribution in [2.45, 2.75) is 13.0 Å². The molecule has 3 aromatic carbocycles. The predicted molar refractivity (Wildman–Crippen MR) is 120 cm³/mol. The standard InChI is InChI=1S/C23H18BrN3O4/c1-14-17(8-5-9-20(14)27(30)31)23(29)26-13-21(28)25-19-11-10-16(24)12-18(19)22(26)15-6-3-2-4-7-15/h2-12,22H,13H2,1H3,(H,25,28)/t22-/m1/s1. The Morgan fingerprint density at radius 2 is 1.87 bits per heavy atom. The molecule has 0 aliphatic carbocycles. The van der Waals surface area contributed by atoms with Gasteiger partial charge in [0.05, 0.1) is 11.0 Å². The van der Waals surface area contributed by atoms with Gasteiger partial charge in [-0.25, -0.2) is 0 Å². The normalized spacial score (nSPS) is 15.6. The molecule has 3 aromatic rings. The molecule has 1 aliphatic rings. The van der Waals surface area contributed by atoms with E-state index in [0.717, 1.165) is 15.6 Å². The molecule has 1 aliphatic heterocycles. The average molecular weight is 480 g/mol. The number of carbonyl (C=O) groups is 2. The Kier molecular flexibility index (Phi) is 5.56. The van der Waals surface area contributed by atoms with Gasteiger partial charge in [-0.05, 0) is 36.8 Å². The number of hydrogen-bond acceptors (Lipinski definition) is 4. The van der Waals surface area contributed by atoms with Crippen LogP contribution in [0.15, 0.2) is 71.2 Å². The zero-order chi connectivity index (χ0) is 22.1. The summed E-state index contributed by atoms with van der Waals surface area (Å²) in [4.78, 5) is 38.7. The highest BCUT2D eigenvalue weighted by Crippen LogP contribution is 2.38. The molecule has 0 bridgehead atoms. The van der Waals surface area contributed by atoms with Gasteiger partial charge in [0.25, 0.3) is 11.6 Å². The van der Waals surface area contributed by atoms with Crippen molar-refractivity contribution >= 4 is 39.1 Å². The molecule has 156 valence electrons. The molecule has 0 unspecified atom stereocenters. The Morgan fingerprint density at radius 1 is 1.13 bits per heavy atom. The molecule has 4 rings (SSSR count). The van der Waals surface area contributed by atoms with Crippen LogP contribution in [0.25, 0.3) is 0 Å². The monoisotopic (exact) mass is 479 g/mol. The van der Waals surface area contributed by atoms with Crippen molar-refractivity contribution in [3.63, 3.8) is 0 Å². The van der Waals surface area contributed by atoms with E-state index in [1.807, 2.05) is 42.5 Å². The van der Waals surface area contributed by atoms with Crippen LogP contribution in [0.2, 0.25) is 0 Å². The highest BCUT2D eigenvalue weighted by atomic mass is 79.9. The Labute approximate surface area is 187 Å². The summed E-state index contributed by atoms with van der Waals surface area (Å²) in [5, 5.41) is 14.2. The zero-order valence-corrected chi connectivity index (χ0v) is 18.1. The number of benzene rings is 3. The molecule has 2 amide bonds. The maximum atomic E-state index is 13.7. The lowest BCUT2D eigenvalue weighted by Crippen LogP contribution is -2.39. The lowest BCUT2D eigenvalue weighted by molar-refractivity contribution is -0.385. The molecule has 1 heterocycles. The molecular weight excluding hydrogens is 462 g/mol. The van der Waals surface area contributed by atoms with Crippen molar-refractivity contribution in [2.75, 3.05) is 11.9 Å². The Bertz CT molecular complexity index is 1200. The molecule has 0 fully saturated rings. The maximum absolute atomic E-state index is 13.7. The highest BCUT2D eigenvalue weighted by molar-refractivity contribution is 9.10. The number of carbonyl (C=O) groups excluding carboxylic acids is 2. The number of rotatable bonds is 3. The molecule has 0 aromatic heterocycles. The zero-order valence-electron chi connectivity index (χ0n) is 16.5. The van der Waals surface area contributed by atoms with Gasteiger partial charge in [-0.1, -0.05) is 52.3 Å². The Hall–Kier alpha value is -3.52. The average Bonchev–Trinajstić information content (AvgIpc) is 2.89. The number of anilines is 1. The molecule has 1 atom stereocenters. The topological polar surface area (TPSA) is 92.6 Å². The van der Waals surface area contributed by atoms with E-state index in [1.165, 1.54) is 17.0 Å². The summed E-state index contributed by atoms with van der Waals surface area (Å²) in [6.07, 6.45) is 0. The van der Waals surface area contributed by atoms with E-state index in [2.05, 4.69) is 21.2 Å². The third kappa shape index (κ3) is 3.94. The molecule has 0 spiro atoms. The van der Waals surface area contributed by atoms with Crippen LogP contribution >= 0.6 is 15.9 Å². The van der Waals surface area contributed by atoms with E-state index in [4.69, 9.17) is 0 Å². The molecule has 0 radical (unpaired) electrons. The number of hydrogen-bond donors (Lipinski definition) is 1. The van der Waals surface area contributed by atoms with Crippen LogP contribution in [0.4, 0.5) is 11.4 Å².